The topological polar surface area (TPSA) is 117 Å². The van der Waals surface area contributed by atoms with Crippen molar-refractivity contribution in [3.8, 4) is 0 Å². The Morgan fingerprint density at radius 2 is 1.87 bits per heavy atom. The average molecular weight is 534 g/mol. The molecule has 3 N–H and O–H groups in total. The molecule has 39 heavy (non-hydrogen) atoms. The third kappa shape index (κ3) is 4.94. The van der Waals surface area contributed by atoms with Crippen LogP contribution in [0.5, 0.6) is 0 Å². The largest absolute Gasteiger partial charge is 0.369 e. The van der Waals surface area contributed by atoms with Gasteiger partial charge in [0.2, 0.25) is 11.8 Å². The summed E-state index contributed by atoms with van der Waals surface area (Å²) < 4.78 is 16.6. The number of urea groups is 1. The highest BCUT2D eigenvalue weighted by Crippen LogP contribution is 2.33. The molecule has 6 rings (SSSR count). The number of carbonyl (C=O) groups is 3. The second-order valence-electron chi connectivity index (χ2n) is 10.7. The van der Waals surface area contributed by atoms with Gasteiger partial charge in [0, 0.05) is 56.6 Å². The molecule has 0 bridgehead atoms. The minimum Gasteiger partial charge on any atom is -0.369 e. The number of aromatic nitrogens is 2. The van der Waals surface area contributed by atoms with Gasteiger partial charge in [-0.25, -0.2) is 9.18 Å². The third-order valence-corrected chi connectivity index (χ3v) is 8.26. The number of primary amides is 1. The zero-order valence-corrected chi connectivity index (χ0v) is 21.7. The molecule has 0 radical (unpaired) electrons. The minimum absolute atomic E-state index is 0.185. The van der Waals surface area contributed by atoms with Crippen LogP contribution in [0.3, 0.4) is 0 Å². The molecule has 4 heterocycles. The lowest BCUT2D eigenvalue weighted by Crippen LogP contribution is -2.49. The number of nitrogens with two attached hydrogens (primary N) is 1. The Hall–Kier alpha value is -3.99. The van der Waals surface area contributed by atoms with Crippen molar-refractivity contribution in [3.05, 3.63) is 54.0 Å². The maximum Gasteiger partial charge on any atom is 0.328 e. The standard InChI is InChI=1S/C28H32FN7O3/c29-22-14-19(27(30)38)4-5-25(22)34-11-6-18(7-12-34)16-33-10-8-20(17-33)36-24-3-1-2-23(21(24)15-31-36)35-13-9-26(37)32-28(35)39/h1-5,14-15,18,20H,6-13,16-17H2,(H2,30,38)(H,32,37,39)/t20-/m1/s1. The van der Waals surface area contributed by atoms with Gasteiger partial charge >= 0.3 is 6.03 Å². The van der Waals surface area contributed by atoms with Crippen molar-refractivity contribution < 1.29 is 18.8 Å². The SMILES string of the molecule is NC(=O)c1ccc(N2CCC(CN3CC[C@@H](n4ncc5c(N6CCC(=O)NC6=O)cccc54)C3)CC2)c(F)c1. The number of imide groups is 1. The Morgan fingerprint density at radius 1 is 1.05 bits per heavy atom. The van der Waals surface area contributed by atoms with Crippen LogP contribution >= 0.6 is 0 Å². The molecule has 3 saturated heterocycles. The van der Waals surface area contributed by atoms with Crippen molar-refractivity contribution >= 4 is 40.1 Å². The number of nitrogens with zero attached hydrogens (tertiary/aromatic N) is 5. The Labute approximate surface area is 225 Å². The summed E-state index contributed by atoms with van der Waals surface area (Å²) >= 11 is 0. The number of amides is 4. The van der Waals surface area contributed by atoms with Gasteiger partial charge in [-0.2, -0.15) is 5.10 Å². The monoisotopic (exact) mass is 533 g/mol. The Morgan fingerprint density at radius 3 is 2.62 bits per heavy atom. The number of likely N-dealkylation sites (tertiary alicyclic amines) is 1. The van der Waals surface area contributed by atoms with E-state index in [2.05, 4.69) is 19.8 Å². The fourth-order valence-electron chi connectivity index (χ4n) is 6.19. The lowest BCUT2D eigenvalue weighted by Gasteiger charge is -2.35. The van der Waals surface area contributed by atoms with Crippen molar-refractivity contribution in [1.29, 1.82) is 0 Å². The number of rotatable bonds is 6. The summed E-state index contributed by atoms with van der Waals surface area (Å²) in [6.45, 7) is 4.80. The van der Waals surface area contributed by atoms with E-state index < -0.39 is 17.8 Å². The van der Waals surface area contributed by atoms with E-state index in [1.54, 1.807) is 17.0 Å². The van der Waals surface area contributed by atoms with Gasteiger partial charge < -0.3 is 15.5 Å². The van der Waals surface area contributed by atoms with Crippen LogP contribution in [0, 0.1) is 11.7 Å². The van der Waals surface area contributed by atoms with Gasteiger partial charge in [0.05, 0.1) is 29.1 Å². The first kappa shape index (κ1) is 25.3. The predicted molar refractivity (Wildman–Crippen MR) is 145 cm³/mol. The average Bonchev–Trinajstić information content (AvgIpc) is 3.56. The molecule has 3 aliphatic heterocycles. The molecule has 10 nitrogen and oxygen atoms in total. The maximum absolute atomic E-state index is 14.6. The highest BCUT2D eigenvalue weighted by Gasteiger charge is 2.31. The number of anilines is 2. The van der Waals surface area contributed by atoms with Crippen molar-refractivity contribution in [3.63, 3.8) is 0 Å². The highest BCUT2D eigenvalue weighted by molar-refractivity contribution is 6.09. The molecular formula is C28H32FN7O3. The van der Waals surface area contributed by atoms with Gasteiger partial charge in [-0.05, 0) is 55.5 Å². The summed E-state index contributed by atoms with van der Waals surface area (Å²) in [5.74, 6) is -0.744. The van der Waals surface area contributed by atoms with E-state index in [1.165, 1.54) is 6.07 Å². The van der Waals surface area contributed by atoms with Crippen LogP contribution in [-0.4, -0.2) is 71.8 Å². The summed E-state index contributed by atoms with van der Waals surface area (Å²) in [5, 5.41) is 8.02. The molecule has 4 amide bonds. The first-order valence-corrected chi connectivity index (χ1v) is 13.5. The van der Waals surface area contributed by atoms with Gasteiger partial charge in [0.1, 0.15) is 5.82 Å². The Balaban J connectivity index is 1.07. The number of fused-ring (bicyclic) bond motifs is 1. The van der Waals surface area contributed by atoms with E-state index in [-0.39, 0.29) is 23.9 Å². The molecule has 1 aromatic heterocycles. The van der Waals surface area contributed by atoms with Gasteiger partial charge in [-0.15, -0.1) is 0 Å². The van der Waals surface area contributed by atoms with E-state index in [9.17, 15) is 18.8 Å². The molecule has 0 unspecified atom stereocenters. The number of carbonyl (C=O) groups excluding carboxylic acids is 3. The molecule has 204 valence electrons. The lowest BCUT2D eigenvalue weighted by atomic mass is 9.95. The zero-order valence-electron chi connectivity index (χ0n) is 21.7. The molecule has 3 aromatic rings. The van der Waals surface area contributed by atoms with Crippen molar-refractivity contribution in [2.45, 2.75) is 31.7 Å². The van der Waals surface area contributed by atoms with Crippen molar-refractivity contribution in [2.24, 2.45) is 11.7 Å². The molecule has 11 heteroatoms. The number of nitrogens with one attached hydrogen (secondary N) is 1. The molecule has 1 atom stereocenters. The maximum atomic E-state index is 14.6. The number of benzene rings is 2. The van der Waals surface area contributed by atoms with Gasteiger partial charge in [-0.1, -0.05) is 6.07 Å². The smallest absolute Gasteiger partial charge is 0.328 e. The van der Waals surface area contributed by atoms with E-state index in [0.717, 1.165) is 68.6 Å². The normalized spacial score (nSPS) is 21.1. The Bertz CT molecular complexity index is 1430. The number of hydrogen-bond acceptors (Lipinski definition) is 6. The van der Waals surface area contributed by atoms with Gasteiger partial charge in [0.25, 0.3) is 0 Å². The predicted octanol–water partition coefficient (Wildman–Crippen LogP) is 2.88. The Kier molecular flexibility index (Phi) is 6.68. The van der Waals surface area contributed by atoms with Crippen molar-refractivity contribution in [1.82, 2.24) is 20.0 Å². The van der Waals surface area contributed by atoms with Crippen LogP contribution in [0.25, 0.3) is 10.9 Å². The van der Waals surface area contributed by atoms with Crippen molar-refractivity contribution in [2.75, 3.05) is 49.1 Å². The van der Waals surface area contributed by atoms with Crippen LogP contribution in [0.2, 0.25) is 0 Å². The molecule has 0 saturated carbocycles. The summed E-state index contributed by atoms with van der Waals surface area (Å²) in [5.41, 5.74) is 7.73. The first-order valence-electron chi connectivity index (χ1n) is 13.5. The molecule has 3 aliphatic rings. The number of piperidine rings is 1. The lowest BCUT2D eigenvalue weighted by molar-refractivity contribution is -0.120. The molecule has 3 fully saturated rings. The molecule has 2 aromatic carbocycles. The second kappa shape index (κ2) is 10.3. The summed E-state index contributed by atoms with van der Waals surface area (Å²) in [4.78, 5) is 41.5. The van der Waals surface area contributed by atoms with E-state index in [4.69, 9.17) is 10.8 Å². The fraction of sp³-hybridized carbons (Fsp3) is 0.429. The zero-order chi connectivity index (χ0) is 27.1. The highest BCUT2D eigenvalue weighted by atomic mass is 19.1. The summed E-state index contributed by atoms with van der Waals surface area (Å²) in [6.07, 6.45) is 5.06. The van der Waals surface area contributed by atoms with Crippen LogP contribution in [-0.2, 0) is 4.79 Å². The van der Waals surface area contributed by atoms with Crippen LogP contribution < -0.4 is 20.9 Å². The van der Waals surface area contributed by atoms with Gasteiger partial charge in [-0.3, -0.25) is 24.5 Å². The number of hydrogen-bond donors (Lipinski definition) is 2. The van der Waals surface area contributed by atoms with E-state index in [1.807, 2.05) is 24.4 Å². The minimum atomic E-state index is -0.626. The summed E-state index contributed by atoms with van der Waals surface area (Å²) in [6, 6.07) is 10.2. The fourth-order valence-corrected chi connectivity index (χ4v) is 6.19. The summed E-state index contributed by atoms with van der Waals surface area (Å²) in [7, 11) is 0. The van der Waals surface area contributed by atoms with Crippen LogP contribution in [0.1, 0.15) is 42.1 Å². The molecular weight excluding hydrogens is 501 g/mol. The number of halogens is 1. The van der Waals surface area contributed by atoms with Crippen LogP contribution in [0.4, 0.5) is 20.6 Å². The second-order valence-corrected chi connectivity index (χ2v) is 10.7. The van der Waals surface area contributed by atoms with E-state index in [0.29, 0.717) is 18.2 Å². The third-order valence-electron chi connectivity index (χ3n) is 8.26. The molecule has 0 aliphatic carbocycles. The van der Waals surface area contributed by atoms with Crippen LogP contribution in [0.15, 0.2) is 42.6 Å². The first-order chi connectivity index (χ1) is 18.9. The van der Waals surface area contributed by atoms with E-state index >= 15 is 0 Å². The van der Waals surface area contributed by atoms with Gasteiger partial charge in [0.15, 0.2) is 0 Å². The molecule has 0 spiro atoms. The quantitative estimate of drug-likeness (QED) is 0.503.